The van der Waals surface area contributed by atoms with Gasteiger partial charge in [0.25, 0.3) is 0 Å². The third kappa shape index (κ3) is 12.3. The topological polar surface area (TPSA) is 51.8 Å². The fourth-order valence-corrected chi connectivity index (χ4v) is 12.0. The number of rotatable bonds is 10. The average molecular weight is 1100 g/mol. The van der Waals surface area contributed by atoms with Crippen molar-refractivity contribution in [3.63, 3.8) is 0 Å². The van der Waals surface area contributed by atoms with Crippen LogP contribution in [0.15, 0.2) is 181 Å². The van der Waals surface area contributed by atoms with Gasteiger partial charge in [0.2, 0.25) is 0 Å². The molecule has 0 aliphatic heterocycles. The molecule has 0 saturated heterocycles. The molecule has 2 fully saturated rings. The van der Waals surface area contributed by atoms with Gasteiger partial charge in [0.1, 0.15) is 11.2 Å². The summed E-state index contributed by atoms with van der Waals surface area (Å²) in [7, 11) is -1.34. The summed E-state index contributed by atoms with van der Waals surface area (Å²) in [5, 5.41) is 3.84. The Hall–Kier alpha value is -5.78. The average Bonchev–Trinajstić information content (AvgIpc) is 4.18. The van der Waals surface area contributed by atoms with Crippen molar-refractivity contribution in [3.8, 4) is 44.9 Å². The van der Waals surface area contributed by atoms with Crippen LogP contribution >= 0.6 is 0 Å². The number of hydrogen-bond donors (Lipinski definition) is 0. The zero-order valence-corrected chi connectivity index (χ0v) is 44.5. The Morgan fingerprint density at radius 3 is 1.70 bits per heavy atom. The van der Waals surface area contributed by atoms with Crippen LogP contribution < -0.4 is 5.19 Å². The molecule has 69 heavy (non-hydrogen) atoms. The van der Waals surface area contributed by atoms with Crippen molar-refractivity contribution in [3.05, 3.63) is 193 Å². The van der Waals surface area contributed by atoms with E-state index in [1.807, 2.05) is 36.7 Å². The molecule has 9 aromatic rings. The molecule has 1 radical (unpaired) electrons. The van der Waals surface area contributed by atoms with Crippen molar-refractivity contribution >= 4 is 35.2 Å². The molecule has 0 amide bonds. The van der Waals surface area contributed by atoms with Crippen molar-refractivity contribution in [1.82, 2.24) is 15.0 Å². The Balaban J connectivity index is 0.000000142. The van der Waals surface area contributed by atoms with E-state index < -0.39 is 8.07 Å². The summed E-state index contributed by atoms with van der Waals surface area (Å²) in [4.78, 5) is 13.9. The van der Waals surface area contributed by atoms with Gasteiger partial charge >= 0.3 is 0 Å². The summed E-state index contributed by atoms with van der Waals surface area (Å²) >= 11 is 0. The van der Waals surface area contributed by atoms with Crippen LogP contribution in [0.1, 0.15) is 87.8 Å². The molecule has 4 heterocycles. The number of pyridine rings is 3. The smallest absolute Gasteiger partial charge is 0.145 e. The quantitative estimate of drug-likeness (QED) is 0.128. The van der Waals surface area contributed by atoms with Crippen LogP contribution in [0.2, 0.25) is 19.6 Å². The predicted octanol–water partition coefficient (Wildman–Crippen LogP) is 16.9. The van der Waals surface area contributed by atoms with E-state index in [4.69, 9.17) is 9.40 Å². The zero-order valence-electron chi connectivity index (χ0n) is 41.1. The van der Waals surface area contributed by atoms with Crippen LogP contribution in [0.25, 0.3) is 66.8 Å². The Labute approximate surface area is 425 Å². The summed E-state index contributed by atoms with van der Waals surface area (Å²) < 4.78 is 6.36. The fraction of sp³-hybridized carbons (Fsp3) is 0.286. The first-order valence-electron chi connectivity index (χ1n) is 25.2. The van der Waals surface area contributed by atoms with E-state index in [1.165, 1.54) is 97.6 Å². The molecule has 353 valence electrons. The minimum absolute atomic E-state index is 0. The molecule has 5 aromatic carbocycles. The maximum absolute atomic E-state index is 6.36. The molecule has 2 saturated carbocycles. The number of benzene rings is 5. The van der Waals surface area contributed by atoms with Gasteiger partial charge in [-0.25, -0.2) is 0 Å². The minimum Gasteiger partial charge on any atom is -0.455 e. The van der Waals surface area contributed by atoms with Crippen molar-refractivity contribution in [1.29, 1.82) is 0 Å². The van der Waals surface area contributed by atoms with Gasteiger partial charge in [0.05, 0.1) is 25.2 Å². The monoisotopic (exact) mass is 1100 g/mol. The first kappa shape index (κ1) is 49.6. The second-order valence-corrected chi connectivity index (χ2v) is 25.5. The predicted molar refractivity (Wildman–Crippen MR) is 290 cm³/mol. The van der Waals surface area contributed by atoms with Gasteiger partial charge in [-0.1, -0.05) is 200 Å². The number of para-hydroxylation sites is 1. The van der Waals surface area contributed by atoms with Crippen LogP contribution in [-0.4, -0.2) is 23.0 Å². The maximum atomic E-state index is 6.36. The summed E-state index contributed by atoms with van der Waals surface area (Å²) in [5.74, 6) is 2.24. The van der Waals surface area contributed by atoms with Crippen molar-refractivity contribution in [2.24, 2.45) is 11.8 Å². The summed E-state index contributed by atoms with van der Waals surface area (Å²) in [5.41, 5.74) is 15.1. The Morgan fingerprint density at radius 1 is 0.536 bits per heavy atom. The van der Waals surface area contributed by atoms with Crippen LogP contribution in [0.5, 0.6) is 0 Å². The molecule has 4 nitrogen and oxygen atoms in total. The van der Waals surface area contributed by atoms with Gasteiger partial charge in [-0.3, -0.25) is 15.0 Å². The van der Waals surface area contributed by atoms with Gasteiger partial charge in [-0.2, -0.15) is 0 Å². The van der Waals surface area contributed by atoms with E-state index in [9.17, 15) is 0 Å². The minimum atomic E-state index is -1.34. The number of aromatic nitrogens is 3. The number of furan rings is 1. The van der Waals surface area contributed by atoms with E-state index in [-0.39, 0.29) is 20.1 Å². The van der Waals surface area contributed by atoms with Gasteiger partial charge in [-0.05, 0) is 106 Å². The summed E-state index contributed by atoms with van der Waals surface area (Å²) in [6.45, 7) is 11.7. The first-order chi connectivity index (χ1) is 33.2. The summed E-state index contributed by atoms with van der Waals surface area (Å²) in [6, 6.07) is 55.2. The van der Waals surface area contributed by atoms with Crippen molar-refractivity contribution in [2.45, 2.75) is 104 Å². The largest absolute Gasteiger partial charge is 0.455 e. The second kappa shape index (κ2) is 23.2. The molecule has 0 spiro atoms. The number of hydrogen-bond acceptors (Lipinski definition) is 4. The van der Waals surface area contributed by atoms with E-state index in [2.05, 4.69) is 183 Å². The van der Waals surface area contributed by atoms with Gasteiger partial charge in [-0.15, -0.1) is 0 Å². The number of nitrogens with zero attached hydrogens (tertiary/aromatic N) is 3. The molecule has 0 bridgehead atoms. The molecular weight excluding hydrogens is 1040 g/mol. The Morgan fingerprint density at radius 2 is 1.07 bits per heavy atom. The van der Waals surface area contributed by atoms with E-state index in [1.54, 1.807) is 10.8 Å². The van der Waals surface area contributed by atoms with Crippen LogP contribution in [-0.2, 0) is 32.9 Å². The van der Waals surface area contributed by atoms with Crippen LogP contribution in [0.3, 0.4) is 0 Å². The van der Waals surface area contributed by atoms with Gasteiger partial charge in [0.15, 0.2) is 0 Å². The Kier molecular flexibility index (Phi) is 16.7. The number of fused-ring (bicyclic) bond motifs is 3. The molecule has 0 unspecified atom stereocenters. The van der Waals surface area contributed by atoms with E-state index in [0.717, 1.165) is 56.4 Å². The molecular formula is C63H67IrN3OSi. The standard InChI is InChI=1S/C26H21NO.C20H27NSi.C17H19N.Ir/c1-17(2)19-14-15-27-23(16-19)21-13-12-20(18-8-4-3-5-9-18)25-22-10-6-7-11-24(22)28-26(21)25;1-22(2,3)20-15-21-19(17-11-5-4-6-12-17)14-18(20)13-16-9-7-8-10-16;1-2-8-16(9-3-1)17-13-15(10-11-18-17)12-14-6-4-5-7-14;/h3-17H,1-2H3;4-6,11-12,14-16H,7-10,13H2,1-3H3;1-3,8-11,13-14H,4-7,12H2;. The first-order valence-corrected chi connectivity index (χ1v) is 28.7. The van der Waals surface area contributed by atoms with E-state index >= 15 is 0 Å². The van der Waals surface area contributed by atoms with E-state index in [0.29, 0.717) is 5.92 Å². The van der Waals surface area contributed by atoms with Gasteiger partial charge in [0, 0.05) is 66.2 Å². The third-order valence-electron chi connectivity index (χ3n) is 14.1. The van der Waals surface area contributed by atoms with Crippen molar-refractivity contribution < 1.29 is 24.5 Å². The summed E-state index contributed by atoms with van der Waals surface area (Å²) in [6.07, 6.45) is 19.8. The van der Waals surface area contributed by atoms with Crippen LogP contribution in [0.4, 0.5) is 0 Å². The normalized spacial score (nSPS) is 14.0. The molecule has 6 heteroatoms. The molecule has 0 N–H and O–H groups in total. The molecule has 2 aliphatic rings. The zero-order chi connectivity index (χ0) is 46.9. The van der Waals surface area contributed by atoms with Gasteiger partial charge < -0.3 is 4.42 Å². The maximum Gasteiger partial charge on any atom is 0.145 e. The Bertz CT molecular complexity index is 3040. The second-order valence-electron chi connectivity index (χ2n) is 20.4. The molecule has 4 aromatic heterocycles. The van der Waals surface area contributed by atoms with Crippen LogP contribution in [0, 0.1) is 11.8 Å². The fourth-order valence-electron chi connectivity index (χ4n) is 10.4. The molecule has 2 aliphatic carbocycles. The molecule has 0 atom stereocenters. The molecule has 11 rings (SSSR count). The van der Waals surface area contributed by atoms with Crippen molar-refractivity contribution in [2.75, 3.05) is 0 Å². The SMILES string of the molecule is CC(C)c1ccnc(-c2ccc(-c3ccccc3)c3c2oc2ccccc23)c1.C[Si](C)(C)c1cnc(-c2ccccc2)cc1CC1CCCC1.[Ir].c1ccc(-c2cc(CC3CCCC3)ccn2)cc1. The third-order valence-corrected chi connectivity index (χ3v) is 16.1.